The molecule has 0 heterocycles. The number of benzene rings is 5. The molecule has 5 N–H and O–H groups in total. The summed E-state index contributed by atoms with van der Waals surface area (Å²) in [7, 11) is -25.3. The third-order valence-electron chi connectivity index (χ3n) is 13.9. The fourth-order valence-corrected chi connectivity index (χ4v) is 16.1. The van der Waals surface area contributed by atoms with Crippen LogP contribution in [0.25, 0.3) is 44.5 Å². The van der Waals surface area contributed by atoms with E-state index in [0.29, 0.717) is 22.3 Å². The van der Waals surface area contributed by atoms with Gasteiger partial charge in [0.25, 0.3) is 50.6 Å². The lowest BCUT2D eigenvalue weighted by atomic mass is 9.76. The summed E-state index contributed by atoms with van der Waals surface area (Å²) in [4.78, 5) is -2.69. The lowest BCUT2D eigenvalue weighted by molar-refractivity contribution is 0.479. The van der Waals surface area contributed by atoms with Crippen LogP contribution in [-0.2, 0) is 50.6 Å². The zero-order valence-electron chi connectivity index (χ0n) is 40.4. The average molecular weight is 1020 g/mol. The van der Waals surface area contributed by atoms with E-state index in [1.807, 2.05) is 0 Å². The van der Waals surface area contributed by atoms with Crippen LogP contribution in [0.3, 0.4) is 0 Å². The fourth-order valence-electron chi connectivity index (χ4n) is 11.2. The van der Waals surface area contributed by atoms with Gasteiger partial charge in [-0.15, -0.1) is 0 Å². The predicted octanol–water partition coefficient (Wildman–Crippen LogP) is 9.83. The van der Waals surface area contributed by atoms with Gasteiger partial charge in [-0.05, 0) is 257 Å². The van der Waals surface area contributed by atoms with Crippen molar-refractivity contribution in [1.82, 2.24) is 0 Å². The highest BCUT2D eigenvalue weighted by molar-refractivity contribution is 7.87. The van der Waals surface area contributed by atoms with E-state index in [1.165, 1.54) is 69.2 Å². The smallest absolute Gasteiger partial charge is 0.282 e. The predicted molar refractivity (Wildman–Crippen MR) is 258 cm³/mol. The van der Waals surface area contributed by atoms with Gasteiger partial charge in [0.15, 0.2) is 0 Å². The molecule has 0 saturated heterocycles. The molecule has 0 fully saturated rings. The summed E-state index contributed by atoms with van der Waals surface area (Å²) in [5.41, 5.74) is 3.56. The van der Waals surface area contributed by atoms with Crippen molar-refractivity contribution in [3.8, 4) is 44.5 Å². The molecule has 0 bridgehead atoms. The molecule has 0 unspecified atom stereocenters. The normalized spacial score (nSPS) is 12.9. The maximum atomic E-state index is 13.7. The van der Waals surface area contributed by atoms with E-state index < -0.39 is 75.1 Å². The summed E-state index contributed by atoms with van der Waals surface area (Å²) in [5, 5.41) is 0. The van der Waals surface area contributed by atoms with E-state index in [4.69, 9.17) is 0 Å². The van der Waals surface area contributed by atoms with Crippen LogP contribution in [0.5, 0.6) is 0 Å². The standard InChI is InChI=1S/C47H56O15S5/c1-18-20(3)35(27(10)43(22(18)5)63(48,49)50)37-24(7)39(31(14)45(29(37)12)65(54,55)56)41-26(9)42(34(17)47(33(41)16)67(60,61)62)40-25(8)38(30(13)46(32(40)15)66(57,58)59)36-21(4)19(2)23(6)44(28(36)11)64(51,52)53/h1-17H3,(H,48,49,50)(H,51,52,53)(H,54,55,56)(H,57,58,59)(H,60,61,62). The van der Waals surface area contributed by atoms with Gasteiger partial charge in [-0.25, -0.2) is 0 Å². The third kappa shape index (κ3) is 8.39. The molecular weight excluding hydrogens is 965 g/mol. The van der Waals surface area contributed by atoms with Crippen molar-refractivity contribution in [1.29, 1.82) is 0 Å². The second-order valence-electron chi connectivity index (χ2n) is 17.6. The van der Waals surface area contributed by atoms with Gasteiger partial charge < -0.3 is 0 Å². The first-order valence-electron chi connectivity index (χ1n) is 20.6. The maximum Gasteiger partial charge on any atom is 0.295 e. The van der Waals surface area contributed by atoms with Crippen molar-refractivity contribution in [2.45, 2.75) is 142 Å². The quantitative estimate of drug-likeness (QED) is 0.0860. The first kappa shape index (κ1) is 53.6. The molecule has 0 atom stereocenters. The number of rotatable bonds is 9. The fraction of sp³-hybridized carbons (Fsp3) is 0.362. The Balaban J connectivity index is 2.24. The van der Waals surface area contributed by atoms with Crippen LogP contribution < -0.4 is 0 Å². The van der Waals surface area contributed by atoms with Crippen LogP contribution in [0, 0.1) is 118 Å². The Kier molecular flexibility index (Phi) is 13.6. The summed E-state index contributed by atoms with van der Waals surface area (Å²) < 4.78 is 187. The van der Waals surface area contributed by atoms with Crippen molar-refractivity contribution in [2.75, 3.05) is 0 Å². The first-order valence-corrected chi connectivity index (χ1v) is 27.8. The lowest BCUT2D eigenvalue weighted by Crippen LogP contribution is -2.15. The van der Waals surface area contributed by atoms with Gasteiger partial charge in [0.2, 0.25) is 0 Å². The summed E-state index contributed by atoms with van der Waals surface area (Å²) in [5.74, 6) is 0. The zero-order valence-corrected chi connectivity index (χ0v) is 44.4. The summed E-state index contributed by atoms with van der Waals surface area (Å²) in [6.45, 7) is 25.5. The van der Waals surface area contributed by atoms with E-state index in [2.05, 4.69) is 0 Å². The van der Waals surface area contributed by atoms with Crippen LogP contribution in [-0.4, -0.2) is 64.9 Å². The van der Waals surface area contributed by atoms with Gasteiger partial charge >= 0.3 is 0 Å². The van der Waals surface area contributed by atoms with E-state index in [9.17, 15) is 64.9 Å². The van der Waals surface area contributed by atoms with Crippen LogP contribution in [0.15, 0.2) is 24.5 Å². The second kappa shape index (κ2) is 17.0. The van der Waals surface area contributed by atoms with Crippen LogP contribution >= 0.6 is 0 Å². The Morgan fingerprint density at radius 3 is 0.433 bits per heavy atom. The monoisotopic (exact) mass is 1020 g/mol. The van der Waals surface area contributed by atoms with Gasteiger partial charge in [0.05, 0.1) is 0 Å². The Morgan fingerprint density at radius 1 is 0.179 bits per heavy atom. The average Bonchev–Trinajstić information content (AvgIpc) is 3.12. The van der Waals surface area contributed by atoms with Crippen molar-refractivity contribution >= 4 is 50.6 Å². The van der Waals surface area contributed by atoms with Crippen molar-refractivity contribution < 1.29 is 64.9 Å². The Bertz CT molecular complexity index is 3470. The van der Waals surface area contributed by atoms with Gasteiger partial charge in [-0.3, -0.25) is 22.8 Å². The molecule has 0 amide bonds. The highest BCUT2D eigenvalue weighted by Crippen LogP contribution is 2.52. The number of hydrogen-bond acceptors (Lipinski definition) is 10. The molecule has 5 aromatic carbocycles. The largest absolute Gasteiger partial charge is 0.295 e. The highest BCUT2D eigenvalue weighted by Gasteiger charge is 2.36. The molecule has 0 saturated carbocycles. The zero-order chi connectivity index (χ0) is 51.8. The van der Waals surface area contributed by atoms with Gasteiger partial charge in [0.1, 0.15) is 24.5 Å². The molecule has 0 aliphatic rings. The van der Waals surface area contributed by atoms with Crippen molar-refractivity contribution in [3.63, 3.8) is 0 Å². The SMILES string of the molecule is Cc1c(C)c(-c2c(C)c(-c3c(C)c(-c4c(C)c(-c5c(C)c(C)c(C)c(S(=O)(=O)O)c5C)c(C)c(S(=O)(=O)O)c4C)c(C)c(S(=O)(=O)O)c3C)c(C)c(S(=O)(=O)O)c2C)c(C)c(S(=O)(=O)O)c1C. The Morgan fingerprint density at radius 2 is 0.299 bits per heavy atom. The topological polar surface area (TPSA) is 272 Å². The van der Waals surface area contributed by atoms with Crippen molar-refractivity contribution in [2.24, 2.45) is 0 Å². The van der Waals surface area contributed by atoms with E-state index in [-0.39, 0.29) is 117 Å². The van der Waals surface area contributed by atoms with Gasteiger partial charge in [0, 0.05) is 0 Å². The molecule has 67 heavy (non-hydrogen) atoms. The third-order valence-corrected chi connectivity index (χ3v) is 19.6. The Labute approximate surface area is 394 Å². The molecular formula is C47H56O15S5. The minimum atomic E-state index is -5.23. The van der Waals surface area contributed by atoms with Crippen LogP contribution in [0.4, 0.5) is 0 Å². The van der Waals surface area contributed by atoms with Gasteiger partial charge in [-0.2, -0.15) is 42.1 Å². The molecule has 364 valence electrons. The molecule has 20 heteroatoms. The minimum Gasteiger partial charge on any atom is -0.282 e. The molecule has 15 nitrogen and oxygen atoms in total. The maximum absolute atomic E-state index is 13.7. The molecule has 0 aliphatic heterocycles. The molecule has 0 aromatic heterocycles. The molecule has 0 spiro atoms. The summed E-state index contributed by atoms with van der Waals surface area (Å²) >= 11 is 0. The molecule has 5 rings (SSSR count). The van der Waals surface area contributed by atoms with E-state index in [1.54, 1.807) is 48.5 Å². The van der Waals surface area contributed by atoms with E-state index in [0.717, 1.165) is 0 Å². The molecule has 5 aromatic rings. The van der Waals surface area contributed by atoms with Gasteiger partial charge in [-0.1, -0.05) is 0 Å². The highest BCUT2D eigenvalue weighted by atomic mass is 32.2. The lowest BCUT2D eigenvalue weighted by Gasteiger charge is -2.30. The number of hydrogen-bond donors (Lipinski definition) is 5. The molecule has 0 aliphatic carbocycles. The van der Waals surface area contributed by atoms with Crippen molar-refractivity contribution in [3.05, 3.63) is 94.6 Å². The van der Waals surface area contributed by atoms with Crippen LogP contribution in [0.2, 0.25) is 0 Å². The second-order valence-corrected chi connectivity index (χ2v) is 24.4. The summed E-state index contributed by atoms with van der Waals surface area (Å²) in [6.07, 6.45) is 0. The Hall–Kier alpha value is -4.35. The first-order chi connectivity index (χ1) is 30.1. The van der Waals surface area contributed by atoms with E-state index >= 15 is 0 Å². The van der Waals surface area contributed by atoms with Crippen LogP contribution in [0.1, 0.15) is 94.6 Å². The molecule has 0 radical (unpaired) electrons. The summed E-state index contributed by atoms with van der Waals surface area (Å²) in [6, 6.07) is 0. The minimum absolute atomic E-state index is 0.00862.